The number of unbranched alkanes of at least 4 members (excludes halogenated alkanes) is 1. The lowest BCUT2D eigenvalue weighted by Crippen LogP contribution is -2.25. The highest BCUT2D eigenvalue weighted by molar-refractivity contribution is 6.09. The van der Waals surface area contributed by atoms with Crippen LogP contribution < -0.4 is 0 Å². The first-order valence-corrected chi connectivity index (χ1v) is 8.14. The number of carbonyl (C=O) groups is 2. The van der Waals surface area contributed by atoms with E-state index in [-0.39, 0.29) is 5.56 Å². The van der Waals surface area contributed by atoms with Crippen molar-refractivity contribution in [2.75, 3.05) is 0 Å². The number of aryl methyl sites for hydroxylation is 1. The smallest absolute Gasteiger partial charge is 0.294 e. The lowest BCUT2D eigenvalue weighted by molar-refractivity contribution is -0.170. The summed E-state index contributed by atoms with van der Waals surface area (Å²) in [7, 11) is 0. The normalized spacial score (nSPS) is 11.4. The van der Waals surface area contributed by atoms with E-state index in [2.05, 4.69) is 6.92 Å². The van der Waals surface area contributed by atoms with Gasteiger partial charge in [-0.15, -0.1) is 0 Å². The zero-order chi connectivity index (χ0) is 18.4. The van der Waals surface area contributed by atoms with Crippen LogP contribution in [0.15, 0.2) is 48.5 Å². The fourth-order valence-corrected chi connectivity index (χ4v) is 2.44. The largest absolute Gasteiger partial charge is 0.450 e. The Bertz CT molecular complexity index is 729. The summed E-state index contributed by atoms with van der Waals surface area (Å²) in [5.41, 5.74) is 3.18. The Morgan fingerprint density at radius 3 is 1.88 bits per heavy atom. The maximum absolute atomic E-state index is 12.2. The molecule has 0 heterocycles. The molecule has 0 aromatic heterocycles. The van der Waals surface area contributed by atoms with Crippen LogP contribution in [0.2, 0.25) is 0 Å². The average Bonchev–Trinajstić information content (AvgIpc) is 2.59. The lowest BCUT2D eigenvalue weighted by atomic mass is 9.99. The highest BCUT2D eigenvalue weighted by Crippen LogP contribution is 2.23. The summed E-state index contributed by atoms with van der Waals surface area (Å²) >= 11 is 0. The SMILES string of the molecule is CCCCc1ccc(-c2ccc(C(=O)CC(=O)C(F)(F)F)cc2)cc1. The van der Waals surface area contributed by atoms with Crippen LogP contribution in [0.5, 0.6) is 0 Å². The van der Waals surface area contributed by atoms with E-state index in [4.69, 9.17) is 0 Å². The van der Waals surface area contributed by atoms with Gasteiger partial charge in [-0.3, -0.25) is 9.59 Å². The zero-order valence-electron chi connectivity index (χ0n) is 13.9. The molecule has 5 heteroatoms. The van der Waals surface area contributed by atoms with Crippen LogP contribution >= 0.6 is 0 Å². The summed E-state index contributed by atoms with van der Waals surface area (Å²) in [4.78, 5) is 22.7. The first-order chi connectivity index (χ1) is 11.8. The zero-order valence-corrected chi connectivity index (χ0v) is 13.9. The molecule has 0 aliphatic heterocycles. The van der Waals surface area contributed by atoms with Crippen LogP contribution in [0.3, 0.4) is 0 Å². The molecule has 0 saturated heterocycles. The Balaban J connectivity index is 2.06. The van der Waals surface area contributed by atoms with Crippen LogP contribution in [0, 0.1) is 0 Å². The predicted octanol–water partition coefficient (Wildman–Crippen LogP) is 5.40. The van der Waals surface area contributed by atoms with Crippen molar-refractivity contribution in [3.8, 4) is 11.1 Å². The molecule has 0 aliphatic rings. The quantitative estimate of drug-likeness (QED) is 0.496. The third kappa shape index (κ3) is 5.28. The van der Waals surface area contributed by atoms with Crippen LogP contribution in [-0.4, -0.2) is 17.7 Å². The number of alkyl halides is 3. The van der Waals surface area contributed by atoms with Gasteiger partial charge in [-0.25, -0.2) is 0 Å². The summed E-state index contributed by atoms with van der Waals surface area (Å²) < 4.78 is 36.7. The van der Waals surface area contributed by atoms with Gasteiger partial charge in [0.2, 0.25) is 5.78 Å². The number of benzene rings is 2. The molecule has 0 aliphatic carbocycles. The standard InChI is InChI=1S/C20H19F3O2/c1-2-3-4-14-5-7-15(8-6-14)16-9-11-17(12-10-16)18(24)13-19(25)20(21,22)23/h5-12H,2-4,13H2,1H3. The van der Waals surface area contributed by atoms with Gasteiger partial charge in [-0.1, -0.05) is 61.9 Å². The molecule has 0 radical (unpaired) electrons. The van der Waals surface area contributed by atoms with Crippen molar-refractivity contribution < 1.29 is 22.8 Å². The molecule has 0 unspecified atom stereocenters. The van der Waals surface area contributed by atoms with Crippen molar-refractivity contribution in [1.29, 1.82) is 0 Å². The number of carbonyl (C=O) groups excluding carboxylic acids is 2. The molecule has 0 amide bonds. The number of hydrogen-bond acceptors (Lipinski definition) is 2. The molecule has 2 aromatic carbocycles. The van der Waals surface area contributed by atoms with Crippen LogP contribution in [0.1, 0.15) is 42.1 Å². The van der Waals surface area contributed by atoms with Crippen molar-refractivity contribution >= 4 is 11.6 Å². The van der Waals surface area contributed by atoms with E-state index in [9.17, 15) is 22.8 Å². The van der Waals surface area contributed by atoms with Gasteiger partial charge in [0.25, 0.3) is 0 Å². The van der Waals surface area contributed by atoms with Crippen molar-refractivity contribution in [3.05, 3.63) is 59.7 Å². The second-order valence-corrected chi connectivity index (χ2v) is 5.90. The molecule has 132 valence electrons. The molecule has 0 N–H and O–H groups in total. The maximum atomic E-state index is 12.2. The molecule has 0 atom stereocenters. The highest BCUT2D eigenvalue weighted by Gasteiger charge is 2.39. The minimum absolute atomic E-state index is 0.0981. The van der Waals surface area contributed by atoms with Crippen molar-refractivity contribution in [1.82, 2.24) is 0 Å². The van der Waals surface area contributed by atoms with Gasteiger partial charge in [0.05, 0.1) is 6.42 Å². The molecule has 2 nitrogen and oxygen atoms in total. The summed E-state index contributed by atoms with van der Waals surface area (Å²) in [6.07, 6.45) is -2.84. The fraction of sp³-hybridized carbons (Fsp3) is 0.300. The summed E-state index contributed by atoms with van der Waals surface area (Å²) in [6.45, 7) is 2.14. The van der Waals surface area contributed by atoms with Gasteiger partial charge < -0.3 is 0 Å². The molecule has 2 rings (SSSR count). The van der Waals surface area contributed by atoms with Crippen LogP contribution in [0.4, 0.5) is 13.2 Å². The molecule has 2 aromatic rings. The fourth-order valence-electron chi connectivity index (χ4n) is 2.44. The number of rotatable bonds is 7. The minimum Gasteiger partial charge on any atom is -0.294 e. The van der Waals surface area contributed by atoms with Gasteiger partial charge in [-0.05, 0) is 29.5 Å². The van der Waals surface area contributed by atoms with E-state index in [1.165, 1.54) is 17.7 Å². The topological polar surface area (TPSA) is 34.1 Å². The maximum Gasteiger partial charge on any atom is 0.450 e. The number of ketones is 2. The average molecular weight is 348 g/mol. The molecule has 0 spiro atoms. The third-order valence-electron chi connectivity index (χ3n) is 3.95. The monoisotopic (exact) mass is 348 g/mol. The first kappa shape index (κ1) is 18.9. The van der Waals surface area contributed by atoms with Crippen LogP contribution in [-0.2, 0) is 11.2 Å². The summed E-state index contributed by atoms with van der Waals surface area (Å²) in [5.74, 6) is -2.85. The van der Waals surface area contributed by atoms with E-state index in [0.717, 1.165) is 30.4 Å². The van der Waals surface area contributed by atoms with Crippen molar-refractivity contribution in [3.63, 3.8) is 0 Å². The predicted molar refractivity (Wildman–Crippen MR) is 90.5 cm³/mol. The molecular weight excluding hydrogens is 329 g/mol. The summed E-state index contributed by atoms with van der Waals surface area (Å²) in [5, 5.41) is 0. The molecule has 25 heavy (non-hydrogen) atoms. The van der Waals surface area contributed by atoms with Gasteiger partial charge in [0.15, 0.2) is 5.78 Å². The Kier molecular flexibility index (Phi) is 6.12. The van der Waals surface area contributed by atoms with Crippen molar-refractivity contribution in [2.24, 2.45) is 0 Å². The molecule has 0 saturated carbocycles. The second kappa shape index (κ2) is 8.10. The molecule has 0 bridgehead atoms. The minimum atomic E-state index is -4.98. The Labute approximate surface area is 144 Å². The lowest BCUT2D eigenvalue weighted by Gasteiger charge is -2.07. The van der Waals surface area contributed by atoms with Crippen molar-refractivity contribution in [2.45, 2.75) is 38.8 Å². The van der Waals surface area contributed by atoms with E-state index in [1.807, 2.05) is 24.3 Å². The summed E-state index contributed by atoms with van der Waals surface area (Å²) in [6, 6.07) is 14.3. The van der Waals surface area contributed by atoms with E-state index >= 15 is 0 Å². The molecular formula is C20H19F3O2. The number of Topliss-reactive ketones (excluding diaryl/α,β-unsaturated/α-hetero) is 2. The van der Waals surface area contributed by atoms with E-state index in [1.54, 1.807) is 12.1 Å². The van der Waals surface area contributed by atoms with Gasteiger partial charge in [0.1, 0.15) is 0 Å². The van der Waals surface area contributed by atoms with Crippen LogP contribution in [0.25, 0.3) is 11.1 Å². The van der Waals surface area contributed by atoms with E-state index in [0.29, 0.717) is 0 Å². The van der Waals surface area contributed by atoms with Gasteiger partial charge >= 0.3 is 6.18 Å². The number of hydrogen-bond donors (Lipinski definition) is 0. The Morgan fingerprint density at radius 2 is 1.40 bits per heavy atom. The van der Waals surface area contributed by atoms with Gasteiger partial charge in [-0.2, -0.15) is 13.2 Å². The number of halogens is 3. The second-order valence-electron chi connectivity index (χ2n) is 5.90. The molecule has 0 fully saturated rings. The highest BCUT2D eigenvalue weighted by atomic mass is 19.4. The van der Waals surface area contributed by atoms with E-state index < -0.39 is 24.2 Å². The Morgan fingerprint density at radius 1 is 0.880 bits per heavy atom. The Hall–Kier alpha value is -2.43. The third-order valence-corrected chi connectivity index (χ3v) is 3.95. The van der Waals surface area contributed by atoms with Gasteiger partial charge in [0, 0.05) is 5.56 Å². The first-order valence-electron chi connectivity index (χ1n) is 8.14.